The highest BCUT2D eigenvalue weighted by Crippen LogP contribution is 2.41. The fourth-order valence-corrected chi connectivity index (χ4v) is 4.72. The van der Waals surface area contributed by atoms with Crippen LogP contribution in [0.4, 0.5) is 0 Å². The van der Waals surface area contributed by atoms with Gasteiger partial charge in [-0.1, -0.05) is 12.5 Å². The summed E-state index contributed by atoms with van der Waals surface area (Å²) in [6.07, 6.45) is 6.40. The third kappa shape index (κ3) is 3.61. The predicted octanol–water partition coefficient (Wildman–Crippen LogP) is 2.27. The summed E-state index contributed by atoms with van der Waals surface area (Å²) in [5.41, 5.74) is 7.48. The zero-order chi connectivity index (χ0) is 17.2. The number of carbonyl (C=O) groups is 1. The molecule has 25 heavy (non-hydrogen) atoms. The van der Waals surface area contributed by atoms with Crippen molar-refractivity contribution in [2.45, 2.75) is 44.6 Å². The fraction of sp³-hybridized carbons (Fsp3) is 0.650. The Labute approximate surface area is 149 Å². The lowest BCUT2D eigenvalue weighted by atomic mass is 9.65. The van der Waals surface area contributed by atoms with E-state index in [0.29, 0.717) is 37.6 Å². The molecule has 3 aliphatic rings. The number of hydrogen-bond acceptors (Lipinski definition) is 4. The first-order valence-electron chi connectivity index (χ1n) is 9.62. The molecule has 1 aromatic carbocycles. The van der Waals surface area contributed by atoms with Gasteiger partial charge in [-0.25, -0.2) is 0 Å². The van der Waals surface area contributed by atoms with Crippen molar-refractivity contribution < 1.29 is 14.3 Å². The Morgan fingerprint density at radius 2 is 1.84 bits per heavy atom. The maximum Gasteiger partial charge on any atom is 0.223 e. The van der Waals surface area contributed by atoms with E-state index < -0.39 is 0 Å². The van der Waals surface area contributed by atoms with Gasteiger partial charge in [0, 0.05) is 18.5 Å². The SMILES string of the molecule is NC1C2CCCC1CC(C(=O)NCCc1ccc3c(c1)OCCO3)C2. The summed E-state index contributed by atoms with van der Waals surface area (Å²) in [7, 11) is 0. The minimum atomic E-state index is 0.148. The van der Waals surface area contributed by atoms with Crippen molar-refractivity contribution in [1.29, 1.82) is 0 Å². The molecule has 5 heteroatoms. The summed E-state index contributed by atoms with van der Waals surface area (Å²) < 4.78 is 11.2. The highest BCUT2D eigenvalue weighted by molar-refractivity contribution is 5.78. The van der Waals surface area contributed by atoms with Crippen LogP contribution in [0, 0.1) is 17.8 Å². The fourth-order valence-electron chi connectivity index (χ4n) is 4.72. The Kier molecular flexibility index (Phi) is 4.84. The Morgan fingerprint density at radius 3 is 2.60 bits per heavy atom. The van der Waals surface area contributed by atoms with Crippen molar-refractivity contribution in [3.63, 3.8) is 0 Å². The molecular formula is C20H28N2O3. The summed E-state index contributed by atoms with van der Waals surface area (Å²) >= 11 is 0. The summed E-state index contributed by atoms with van der Waals surface area (Å²) in [4.78, 5) is 12.6. The van der Waals surface area contributed by atoms with Gasteiger partial charge in [0.2, 0.25) is 5.91 Å². The molecule has 1 aromatic rings. The van der Waals surface area contributed by atoms with Crippen LogP contribution in [0.1, 0.15) is 37.7 Å². The quantitative estimate of drug-likeness (QED) is 0.879. The number of ether oxygens (including phenoxy) is 2. The molecular weight excluding hydrogens is 316 g/mol. The van der Waals surface area contributed by atoms with Gasteiger partial charge in [-0.3, -0.25) is 4.79 Å². The first-order chi connectivity index (χ1) is 12.2. The first kappa shape index (κ1) is 16.7. The van der Waals surface area contributed by atoms with E-state index in [9.17, 15) is 4.79 Å². The highest BCUT2D eigenvalue weighted by Gasteiger charge is 2.40. The molecule has 3 N–H and O–H groups in total. The number of carbonyl (C=O) groups excluding carboxylic acids is 1. The van der Waals surface area contributed by atoms with Crippen molar-refractivity contribution in [3.8, 4) is 11.5 Å². The average molecular weight is 344 g/mol. The third-order valence-electron chi connectivity index (χ3n) is 6.10. The molecule has 5 nitrogen and oxygen atoms in total. The monoisotopic (exact) mass is 344 g/mol. The van der Waals surface area contributed by atoms with E-state index in [0.717, 1.165) is 36.3 Å². The number of nitrogens with one attached hydrogen (secondary N) is 1. The van der Waals surface area contributed by atoms with Gasteiger partial charge in [0.25, 0.3) is 0 Å². The maximum atomic E-state index is 12.6. The molecule has 1 aliphatic heterocycles. The lowest BCUT2D eigenvalue weighted by Crippen LogP contribution is -2.49. The zero-order valence-electron chi connectivity index (χ0n) is 14.7. The van der Waals surface area contributed by atoms with Crippen LogP contribution < -0.4 is 20.5 Å². The third-order valence-corrected chi connectivity index (χ3v) is 6.10. The molecule has 1 amide bonds. The number of benzene rings is 1. The number of nitrogens with two attached hydrogens (primary N) is 1. The van der Waals surface area contributed by atoms with E-state index in [2.05, 4.69) is 5.32 Å². The Bertz CT molecular complexity index is 619. The van der Waals surface area contributed by atoms with Gasteiger partial charge < -0.3 is 20.5 Å². The lowest BCUT2D eigenvalue weighted by molar-refractivity contribution is -0.127. The van der Waals surface area contributed by atoms with Crippen LogP contribution >= 0.6 is 0 Å². The van der Waals surface area contributed by atoms with Crippen LogP contribution in [-0.4, -0.2) is 31.7 Å². The maximum absolute atomic E-state index is 12.6. The lowest BCUT2D eigenvalue weighted by Gasteiger charge is -2.43. The smallest absolute Gasteiger partial charge is 0.223 e. The van der Waals surface area contributed by atoms with Gasteiger partial charge in [-0.2, -0.15) is 0 Å². The standard InChI is InChI=1S/C20H28N2O3/c21-19-14-2-1-3-15(19)12-16(11-14)20(23)22-7-6-13-4-5-17-18(10-13)25-9-8-24-17/h4-5,10,14-16,19H,1-3,6-9,11-12,21H2,(H,22,23). The van der Waals surface area contributed by atoms with Crippen molar-refractivity contribution in [1.82, 2.24) is 5.32 Å². The summed E-state index contributed by atoms with van der Waals surface area (Å²) in [5, 5.41) is 3.13. The second-order valence-corrected chi connectivity index (χ2v) is 7.72. The largest absolute Gasteiger partial charge is 0.486 e. The molecule has 136 valence electrons. The van der Waals surface area contributed by atoms with Crippen LogP contribution in [0.5, 0.6) is 11.5 Å². The summed E-state index contributed by atoms with van der Waals surface area (Å²) in [6, 6.07) is 6.33. The number of hydrogen-bond donors (Lipinski definition) is 2. The molecule has 2 aliphatic carbocycles. The van der Waals surface area contributed by atoms with Crippen LogP contribution in [0.25, 0.3) is 0 Å². The van der Waals surface area contributed by atoms with Crippen molar-refractivity contribution in [2.75, 3.05) is 19.8 Å². The highest BCUT2D eigenvalue weighted by atomic mass is 16.6. The Balaban J connectivity index is 1.28. The molecule has 2 bridgehead atoms. The second kappa shape index (κ2) is 7.24. The minimum Gasteiger partial charge on any atom is -0.486 e. The van der Waals surface area contributed by atoms with Gasteiger partial charge >= 0.3 is 0 Å². The van der Waals surface area contributed by atoms with Gasteiger partial charge in [0.15, 0.2) is 11.5 Å². The van der Waals surface area contributed by atoms with Crippen LogP contribution in [0.15, 0.2) is 18.2 Å². The van der Waals surface area contributed by atoms with E-state index in [4.69, 9.17) is 15.2 Å². The Hall–Kier alpha value is -1.75. The first-order valence-corrected chi connectivity index (χ1v) is 9.62. The van der Waals surface area contributed by atoms with E-state index in [1.807, 2.05) is 18.2 Å². The number of rotatable bonds is 4. The van der Waals surface area contributed by atoms with E-state index in [1.165, 1.54) is 19.3 Å². The molecule has 4 rings (SSSR count). The average Bonchev–Trinajstić information content (AvgIpc) is 2.61. The molecule has 2 unspecified atom stereocenters. The zero-order valence-corrected chi connectivity index (χ0v) is 14.7. The van der Waals surface area contributed by atoms with E-state index in [1.54, 1.807) is 0 Å². The van der Waals surface area contributed by atoms with Crippen LogP contribution in [0.2, 0.25) is 0 Å². The normalized spacial score (nSPS) is 30.6. The van der Waals surface area contributed by atoms with Crippen LogP contribution in [-0.2, 0) is 11.2 Å². The topological polar surface area (TPSA) is 73.6 Å². The molecule has 1 heterocycles. The van der Waals surface area contributed by atoms with Gasteiger partial charge in [0.1, 0.15) is 13.2 Å². The van der Waals surface area contributed by atoms with Crippen LogP contribution in [0.3, 0.4) is 0 Å². The molecule has 0 saturated heterocycles. The van der Waals surface area contributed by atoms with E-state index >= 15 is 0 Å². The van der Waals surface area contributed by atoms with Crippen molar-refractivity contribution in [3.05, 3.63) is 23.8 Å². The van der Waals surface area contributed by atoms with Gasteiger partial charge in [-0.05, 0) is 61.6 Å². The van der Waals surface area contributed by atoms with E-state index in [-0.39, 0.29) is 11.8 Å². The molecule has 2 atom stereocenters. The molecule has 2 fully saturated rings. The summed E-state index contributed by atoms with van der Waals surface area (Å²) in [6.45, 7) is 1.87. The van der Waals surface area contributed by atoms with Crippen molar-refractivity contribution in [2.24, 2.45) is 23.5 Å². The molecule has 0 radical (unpaired) electrons. The van der Waals surface area contributed by atoms with Gasteiger partial charge in [-0.15, -0.1) is 0 Å². The van der Waals surface area contributed by atoms with Gasteiger partial charge in [0.05, 0.1) is 0 Å². The van der Waals surface area contributed by atoms with Crippen molar-refractivity contribution >= 4 is 5.91 Å². The number of amides is 1. The summed E-state index contributed by atoms with van der Waals surface area (Å²) in [5.74, 6) is 3.06. The molecule has 0 spiro atoms. The molecule has 2 saturated carbocycles. The molecule has 0 aromatic heterocycles. The second-order valence-electron chi connectivity index (χ2n) is 7.72. The number of fused-ring (bicyclic) bond motifs is 3. The Morgan fingerprint density at radius 1 is 1.12 bits per heavy atom. The minimum absolute atomic E-state index is 0.148. The predicted molar refractivity (Wildman–Crippen MR) is 95.7 cm³/mol.